The van der Waals surface area contributed by atoms with Gasteiger partial charge < -0.3 is 0 Å². The standard InChI is InChI=1S/C36H50N2/c1-21(2)26-15-11-16-27(22(3)4)33(26)37-35-30-19-9-13-25-14-10-20-31(32(25)30)36(35)38-34-28(23(5)6)17-12-18-29(34)24(7)8/h11-12,15-18,21-25,30-32H,9-10,13-14,19-20H2,1-8H3. The summed E-state index contributed by atoms with van der Waals surface area (Å²) in [7, 11) is 0. The Kier molecular flexibility index (Phi) is 7.99. The number of benzene rings is 2. The number of rotatable bonds is 6. The van der Waals surface area contributed by atoms with Crippen LogP contribution in [0.2, 0.25) is 0 Å². The Bertz CT molecular complexity index is 1070. The van der Waals surface area contributed by atoms with Gasteiger partial charge in [0.2, 0.25) is 0 Å². The summed E-state index contributed by atoms with van der Waals surface area (Å²) in [6.45, 7) is 18.5. The van der Waals surface area contributed by atoms with Gasteiger partial charge in [-0.05, 0) is 70.6 Å². The van der Waals surface area contributed by atoms with Gasteiger partial charge in [-0.15, -0.1) is 0 Å². The van der Waals surface area contributed by atoms with E-state index in [2.05, 4.69) is 91.8 Å². The first-order chi connectivity index (χ1) is 18.2. The van der Waals surface area contributed by atoms with Crippen LogP contribution in [-0.2, 0) is 0 Å². The number of para-hydroxylation sites is 2. The molecule has 0 aromatic heterocycles. The van der Waals surface area contributed by atoms with Crippen molar-refractivity contribution in [3.05, 3.63) is 58.7 Å². The van der Waals surface area contributed by atoms with Crippen LogP contribution in [0.5, 0.6) is 0 Å². The molecule has 2 heteroatoms. The Morgan fingerprint density at radius 1 is 0.526 bits per heavy atom. The molecular formula is C36H50N2. The van der Waals surface area contributed by atoms with Crippen LogP contribution in [0.4, 0.5) is 11.4 Å². The SMILES string of the molecule is CC(C)c1cccc(C(C)C)c1N=C1C(=Nc2c(C(C)C)cccc2C(C)C)C2CCCC3CCCC1C32. The van der Waals surface area contributed by atoms with Gasteiger partial charge in [-0.1, -0.05) is 117 Å². The van der Waals surface area contributed by atoms with Crippen molar-refractivity contribution in [2.24, 2.45) is 33.7 Å². The summed E-state index contributed by atoms with van der Waals surface area (Å²) in [6, 6.07) is 13.7. The van der Waals surface area contributed by atoms with Crippen molar-refractivity contribution in [3.8, 4) is 0 Å². The maximum atomic E-state index is 5.76. The molecule has 2 aromatic carbocycles. The molecule has 2 atom stereocenters. The monoisotopic (exact) mass is 510 g/mol. The molecule has 2 nitrogen and oxygen atoms in total. The number of hydrogen-bond donors (Lipinski definition) is 0. The Morgan fingerprint density at radius 2 is 0.868 bits per heavy atom. The van der Waals surface area contributed by atoms with E-state index in [-0.39, 0.29) is 0 Å². The lowest BCUT2D eigenvalue weighted by Crippen LogP contribution is -2.33. The molecule has 0 saturated heterocycles. The predicted molar refractivity (Wildman–Crippen MR) is 165 cm³/mol. The molecule has 0 aliphatic heterocycles. The first-order valence-corrected chi connectivity index (χ1v) is 15.6. The highest BCUT2D eigenvalue weighted by Crippen LogP contribution is 2.54. The van der Waals surface area contributed by atoms with Crippen molar-refractivity contribution in [2.75, 3.05) is 0 Å². The summed E-state index contributed by atoms with van der Waals surface area (Å²) in [4.78, 5) is 11.5. The minimum Gasteiger partial charge on any atom is -0.251 e. The molecule has 3 fully saturated rings. The van der Waals surface area contributed by atoms with E-state index < -0.39 is 0 Å². The van der Waals surface area contributed by atoms with Crippen molar-refractivity contribution < 1.29 is 0 Å². The minimum absolute atomic E-state index is 0.449. The van der Waals surface area contributed by atoms with Crippen molar-refractivity contribution in [2.45, 2.75) is 118 Å². The van der Waals surface area contributed by atoms with Gasteiger partial charge in [0.05, 0.1) is 22.8 Å². The summed E-state index contributed by atoms with van der Waals surface area (Å²) in [5.41, 5.74) is 10.7. The van der Waals surface area contributed by atoms with Gasteiger partial charge in [0.1, 0.15) is 0 Å². The molecule has 38 heavy (non-hydrogen) atoms. The fourth-order valence-corrected chi connectivity index (χ4v) is 7.87. The number of aliphatic imine (C=N–C) groups is 2. The quantitative estimate of drug-likeness (QED) is 0.369. The molecule has 2 unspecified atom stereocenters. The van der Waals surface area contributed by atoms with Crippen molar-refractivity contribution in [1.29, 1.82) is 0 Å². The Balaban J connectivity index is 1.78. The predicted octanol–water partition coefficient (Wildman–Crippen LogP) is 10.9. The summed E-state index contributed by atoms with van der Waals surface area (Å²) >= 11 is 0. The summed E-state index contributed by atoms with van der Waals surface area (Å²) < 4.78 is 0. The summed E-state index contributed by atoms with van der Waals surface area (Å²) in [6.07, 6.45) is 8.04. The lowest BCUT2D eigenvalue weighted by molar-refractivity contribution is 0.122. The fraction of sp³-hybridized carbons (Fsp3) is 0.611. The van der Waals surface area contributed by atoms with Crippen LogP contribution < -0.4 is 0 Å². The Labute approximate surface area is 232 Å². The largest absolute Gasteiger partial charge is 0.251 e. The molecule has 204 valence electrons. The normalized spacial score (nSPS) is 27.4. The second-order valence-electron chi connectivity index (χ2n) is 13.6. The molecule has 0 heterocycles. The van der Waals surface area contributed by atoms with Crippen molar-refractivity contribution in [1.82, 2.24) is 0 Å². The minimum atomic E-state index is 0.449. The fourth-order valence-electron chi connectivity index (χ4n) is 7.87. The van der Waals surface area contributed by atoms with Gasteiger partial charge in [0.25, 0.3) is 0 Å². The van der Waals surface area contributed by atoms with E-state index in [1.165, 1.54) is 83.6 Å². The van der Waals surface area contributed by atoms with Crippen LogP contribution in [0.1, 0.15) is 140 Å². The molecule has 3 aliphatic rings. The maximum Gasteiger partial charge on any atom is 0.0703 e. The lowest BCUT2D eigenvalue weighted by Gasteiger charge is -2.40. The van der Waals surface area contributed by atoms with Crippen LogP contribution in [0.25, 0.3) is 0 Å². The Hall–Kier alpha value is -2.22. The van der Waals surface area contributed by atoms with Gasteiger partial charge in [-0.3, -0.25) is 9.98 Å². The molecule has 0 radical (unpaired) electrons. The molecule has 0 N–H and O–H groups in total. The van der Waals surface area contributed by atoms with Crippen LogP contribution in [-0.4, -0.2) is 11.4 Å². The molecule has 0 spiro atoms. The smallest absolute Gasteiger partial charge is 0.0703 e. The van der Waals surface area contributed by atoms with E-state index in [0.29, 0.717) is 35.5 Å². The van der Waals surface area contributed by atoms with Crippen LogP contribution in [0.3, 0.4) is 0 Å². The average Bonchev–Trinajstić information content (AvgIpc) is 3.17. The number of nitrogens with zero attached hydrogens (tertiary/aromatic N) is 2. The Morgan fingerprint density at radius 3 is 1.18 bits per heavy atom. The van der Waals surface area contributed by atoms with Crippen molar-refractivity contribution in [3.63, 3.8) is 0 Å². The summed E-state index contributed by atoms with van der Waals surface area (Å²) in [5, 5.41) is 0. The third-order valence-corrected chi connectivity index (χ3v) is 9.77. The van der Waals surface area contributed by atoms with E-state index in [9.17, 15) is 0 Å². The first kappa shape index (κ1) is 27.4. The molecular weight excluding hydrogens is 460 g/mol. The molecule has 5 rings (SSSR count). The van der Waals surface area contributed by atoms with Gasteiger partial charge >= 0.3 is 0 Å². The van der Waals surface area contributed by atoms with Gasteiger partial charge in [0.15, 0.2) is 0 Å². The van der Waals surface area contributed by atoms with Gasteiger partial charge in [-0.2, -0.15) is 0 Å². The highest BCUT2D eigenvalue weighted by molar-refractivity contribution is 6.47. The second kappa shape index (κ2) is 11.1. The second-order valence-corrected chi connectivity index (χ2v) is 13.6. The molecule has 0 amide bonds. The highest BCUT2D eigenvalue weighted by Gasteiger charge is 2.52. The molecule has 3 saturated carbocycles. The van der Waals surface area contributed by atoms with E-state index in [4.69, 9.17) is 9.98 Å². The third kappa shape index (κ3) is 4.93. The van der Waals surface area contributed by atoms with Crippen molar-refractivity contribution >= 4 is 22.8 Å². The average molecular weight is 511 g/mol. The van der Waals surface area contributed by atoms with E-state index in [0.717, 1.165) is 11.8 Å². The lowest BCUT2D eigenvalue weighted by atomic mass is 9.65. The zero-order valence-corrected chi connectivity index (χ0v) is 25.2. The first-order valence-electron chi connectivity index (χ1n) is 15.6. The third-order valence-electron chi connectivity index (χ3n) is 9.77. The van der Waals surface area contributed by atoms with Crippen LogP contribution in [0, 0.1) is 23.7 Å². The molecule has 2 aromatic rings. The van der Waals surface area contributed by atoms with E-state index in [1.54, 1.807) is 0 Å². The molecule has 3 aliphatic carbocycles. The zero-order chi connectivity index (χ0) is 27.1. The zero-order valence-electron chi connectivity index (χ0n) is 25.2. The van der Waals surface area contributed by atoms with Gasteiger partial charge in [0, 0.05) is 11.8 Å². The van der Waals surface area contributed by atoms with E-state index in [1.807, 2.05) is 0 Å². The van der Waals surface area contributed by atoms with Crippen LogP contribution >= 0.6 is 0 Å². The van der Waals surface area contributed by atoms with Gasteiger partial charge in [-0.25, -0.2) is 0 Å². The maximum absolute atomic E-state index is 5.76. The topological polar surface area (TPSA) is 24.7 Å². The van der Waals surface area contributed by atoms with Crippen LogP contribution in [0.15, 0.2) is 46.4 Å². The molecule has 0 bridgehead atoms. The van der Waals surface area contributed by atoms with E-state index >= 15 is 0 Å². The number of hydrogen-bond acceptors (Lipinski definition) is 2. The highest BCUT2D eigenvalue weighted by atomic mass is 14.9. The summed E-state index contributed by atoms with van der Waals surface area (Å²) in [5.74, 6) is 4.50.